The van der Waals surface area contributed by atoms with Gasteiger partial charge in [0.05, 0.1) is 11.9 Å². The van der Waals surface area contributed by atoms with Crippen LogP contribution in [0, 0.1) is 6.92 Å². The summed E-state index contributed by atoms with van der Waals surface area (Å²) in [5.74, 6) is 0.638. The summed E-state index contributed by atoms with van der Waals surface area (Å²) in [7, 11) is -3.61. The molecular formula is C27H37N3O6S. The first-order valence-corrected chi connectivity index (χ1v) is 14.4. The molecule has 0 aromatic heterocycles. The highest BCUT2D eigenvalue weighted by atomic mass is 32.2. The third-order valence-corrected chi connectivity index (χ3v) is 7.28. The number of nitrogens with zero attached hydrogens (tertiary/aromatic N) is 2. The predicted octanol–water partition coefficient (Wildman–Crippen LogP) is 3.60. The van der Waals surface area contributed by atoms with Crippen molar-refractivity contribution in [1.82, 2.24) is 10.2 Å². The van der Waals surface area contributed by atoms with Gasteiger partial charge in [0.25, 0.3) is 0 Å². The SMILES string of the molecule is CC[C@@H](C(=O)NC(C)C)N(Cc1ccc(C)cc1)C(=O)CCCN(c1ccc2c(c1)OCO2)S(C)(=O)=O. The Kier molecular flexibility index (Phi) is 9.42. The van der Waals surface area contributed by atoms with E-state index in [1.54, 1.807) is 23.1 Å². The molecule has 1 N–H and O–H groups in total. The standard InChI is InChI=1S/C27H37N3O6S/c1-6-23(27(32)28-19(2)3)29(17-21-11-9-20(4)10-12-21)26(31)8-7-15-30(37(5,33)34)22-13-14-24-25(16-22)36-18-35-24/h9-14,16,19,23H,6-8,15,17-18H2,1-5H3,(H,28,32)/t23-/m0/s1. The number of amides is 2. The Morgan fingerprint density at radius 1 is 1.05 bits per heavy atom. The van der Waals surface area contributed by atoms with Crippen LogP contribution in [0.4, 0.5) is 5.69 Å². The highest BCUT2D eigenvalue weighted by molar-refractivity contribution is 7.92. The molecule has 0 fully saturated rings. The maximum atomic E-state index is 13.5. The van der Waals surface area contributed by atoms with E-state index in [0.717, 1.165) is 17.4 Å². The molecule has 1 heterocycles. The van der Waals surface area contributed by atoms with Crippen LogP contribution in [0.2, 0.25) is 0 Å². The van der Waals surface area contributed by atoms with Crippen LogP contribution < -0.4 is 19.1 Å². The van der Waals surface area contributed by atoms with Crippen molar-refractivity contribution in [2.24, 2.45) is 0 Å². The third kappa shape index (κ3) is 7.61. The average Bonchev–Trinajstić information content (AvgIpc) is 3.29. The first-order chi connectivity index (χ1) is 17.5. The third-order valence-electron chi connectivity index (χ3n) is 6.09. The summed E-state index contributed by atoms with van der Waals surface area (Å²) in [4.78, 5) is 28.0. The second-order valence-electron chi connectivity index (χ2n) is 9.57. The van der Waals surface area contributed by atoms with Gasteiger partial charge in [-0.15, -0.1) is 0 Å². The van der Waals surface area contributed by atoms with Crippen LogP contribution in [0.25, 0.3) is 0 Å². The molecule has 0 aliphatic carbocycles. The van der Waals surface area contributed by atoms with E-state index in [2.05, 4.69) is 5.32 Å². The van der Waals surface area contributed by atoms with E-state index in [1.807, 2.05) is 52.0 Å². The predicted molar refractivity (Wildman–Crippen MR) is 143 cm³/mol. The lowest BCUT2D eigenvalue weighted by Crippen LogP contribution is -2.50. The number of carbonyl (C=O) groups excluding carboxylic acids is 2. The Balaban J connectivity index is 1.76. The Bertz CT molecular complexity index is 1200. The number of carbonyl (C=O) groups is 2. The van der Waals surface area contributed by atoms with Crippen molar-refractivity contribution < 1.29 is 27.5 Å². The van der Waals surface area contributed by atoms with Crippen molar-refractivity contribution in [1.29, 1.82) is 0 Å². The number of hydrogen-bond donors (Lipinski definition) is 1. The maximum Gasteiger partial charge on any atom is 0.243 e. The lowest BCUT2D eigenvalue weighted by Gasteiger charge is -2.31. The van der Waals surface area contributed by atoms with Crippen molar-refractivity contribution in [3.05, 3.63) is 53.6 Å². The van der Waals surface area contributed by atoms with Gasteiger partial charge in [-0.05, 0) is 51.3 Å². The van der Waals surface area contributed by atoms with E-state index in [0.29, 0.717) is 30.2 Å². The summed E-state index contributed by atoms with van der Waals surface area (Å²) in [6, 6.07) is 12.1. The number of aryl methyl sites for hydroxylation is 1. The van der Waals surface area contributed by atoms with Gasteiger partial charge >= 0.3 is 0 Å². The summed E-state index contributed by atoms with van der Waals surface area (Å²) < 4.78 is 37.1. The Labute approximate surface area is 219 Å². The second kappa shape index (κ2) is 12.3. The molecule has 0 saturated heterocycles. The first kappa shape index (κ1) is 28.3. The highest BCUT2D eigenvalue weighted by Gasteiger charge is 2.29. The molecule has 10 heteroatoms. The number of sulfonamides is 1. The number of benzene rings is 2. The zero-order chi connectivity index (χ0) is 27.2. The van der Waals surface area contributed by atoms with Gasteiger partial charge < -0.3 is 19.7 Å². The van der Waals surface area contributed by atoms with E-state index in [4.69, 9.17) is 9.47 Å². The van der Waals surface area contributed by atoms with Crippen LogP contribution in [0.3, 0.4) is 0 Å². The number of fused-ring (bicyclic) bond motifs is 1. The number of hydrogen-bond acceptors (Lipinski definition) is 6. The van der Waals surface area contributed by atoms with Crippen LogP contribution in [-0.4, -0.2) is 56.8 Å². The van der Waals surface area contributed by atoms with E-state index in [-0.39, 0.29) is 44.0 Å². The summed E-state index contributed by atoms with van der Waals surface area (Å²) in [5, 5.41) is 2.92. The quantitative estimate of drug-likeness (QED) is 0.449. The molecule has 3 rings (SSSR count). The molecule has 2 amide bonds. The second-order valence-corrected chi connectivity index (χ2v) is 11.5. The van der Waals surface area contributed by atoms with Crippen LogP contribution in [0.15, 0.2) is 42.5 Å². The Morgan fingerprint density at radius 2 is 1.73 bits per heavy atom. The van der Waals surface area contributed by atoms with E-state index < -0.39 is 16.1 Å². The Hall–Kier alpha value is -3.27. The topological polar surface area (TPSA) is 105 Å². The van der Waals surface area contributed by atoms with E-state index >= 15 is 0 Å². The monoisotopic (exact) mass is 531 g/mol. The number of nitrogens with one attached hydrogen (secondary N) is 1. The molecule has 0 unspecified atom stereocenters. The molecule has 1 aliphatic heterocycles. The number of ether oxygens (including phenoxy) is 2. The zero-order valence-corrected chi connectivity index (χ0v) is 23.0. The van der Waals surface area contributed by atoms with Gasteiger partial charge in [-0.1, -0.05) is 36.8 Å². The molecule has 0 spiro atoms. The minimum Gasteiger partial charge on any atom is -0.454 e. The Morgan fingerprint density at radius 3 is 2.35 bits per heavy atom. The molecular weight excluding hydrogens is 494 g/mol. The molecule has 0 bridgehead atoms. The van der Waals surface area contributed by atoms with E-state index in [9.17, 15) is 18.0 Å². The normalized spacial score (nSPS) is 13.4. The lowest BCUT2D eigenvalue weighted by molar-refractivity contribution is -0.141. The lowest BCUT2D eigenvalue weighted by atomic mass is 10.1. The smallest absolute Gasteiger partial charge is 0.243 e. The van der Waals surface area contributed by atoms with Gasteiger partial charge in [-0.3, -0.25) is 13.9 Å². The van der Waals surface area contributed by atoms with Crippen LogP contribution >= 0.6 is 0 Å². The summed E-state index contributed by atoms with van der Waals surface area (Å²) in [6.07, 6.45) is 1.97. The summed E-state index contributed by atoms with van der Waals surface area (Å²) in [5.41, 5.74) is 2.47. The van der Waals surface area contributed by atoms with Gasteiger partial charge in [-0.2, -0.15) is 0 Å². The van der Waals surface area contributed by atoms with Crippen LogP contribution in [-0.2, 0) is 26.2 Å². The van der Waals surface area contributed by atoms with Crippen molar-refractivity contribution in [3.63, 3.8) is 0 Å². The minimum atomic E-state index is -3.61. The summed E-state index contributed by atoms with van der Waals surface area (Å²) in [6.45, 7) is 8.13. The minimum absolute atomic E-state index is 0.0529. The molecule has 2 aromatic rings. The fraction of sp³-hybridized carbons (Fsp3) is 0.481. The molecule has 0 radical (unpaired) electrons. The van der Waals surface area contributed by atoms with Crippen molar-refractivity contribution in [2.45, 2.75) is 65.6 Å². The van der Waals surface area contributed by atoms with Crippen molar-refractivity contribution >= 4 is 27.5 Å². The largest absolute Gasteiger partial charge is 0.454 e. The van der Waals surface area contributed by atoms with E-state index in [1.165, 1.54) is 4.31 Å². The van der Waals surface area contributed by atoms with Crippen LogP contribution in [0.5, 0.6) is 11.5 Å². The summed E-state index contributed by atoms with van der Waals surface area (Å²) >= 11 is 0. The molecule has 1 atom stereocenters. The molecule has 202 valence electrons. The van der Waals surface area contributed by atoms with Gasteiger partial charge in [-0.25, -0.2) is 8.42 Å². The molecule has 37 heavy (non-hydrogen) atoms. The average molecular weight is 532 g/mol. The molecule has 9 nitrogen and oxygen atoms in total. The number of anilines is 1. The maximum absolute atomic E-state index is 13.5. The highest BCUT2D eigenvalue weighted by Crippen LogP contribution is 2.36. The van der Waals surface area contributed by atoms with Crippen molar-refractivity contribution in [3.8, 4) is 11.5 Å². The molecule has 0 saturated carbocycles. The molecule has 1 aliphatic rings. The first-order valence-electron chi connectivity index (χ1n) is 12.5. The zero-order valence-electron chi connectivity index (χ0n) is 22.2. The number of rotatable bonds is 12. The van der Waals surface area contributed by atoms with Gasteiger partial charge in [0.1, 0.15) is 6.04 Å². The van der Waals surface area contributed by atoms with Gasteiger partial charge in [0.15, 0.2) is 11.5 Å². The van der Waals surface area contributed by atoms with Gasteiger partial charge in [0.2, 0.25) is 28.6 Å². The fourth-order valence-electron chi connectivity index (χ4n) is 4.23. The fourth-order valence-corrected chi connectivity index (χ4v) is 5.19. The van der Waals surface area contributed by atoms with Crippen molar-refractivity contribution in [2.75, 3.05) is 23.9 Å². The van der Waals surface area contributed by atoms with Gasteiger partial charge in [0, 0.05) is 31.6 Å². The molecule has 2 aromatic carbocycles. The van der Waals surface area contributed by atoms with Crippen LogP contribution in [0.1, 0.15) is 51.2 Å².